The summed E-state index contributed by atoms with van der Waals surface area (Å²) in [5.74, 6) is 0.285. The van der Waals surface area contributed by atoms with E-state index in [1.54, 1.807) is 6.21 Å². The number of phenolic OH excluding ortho intramolecular Hbond substituents is 1. The molecule has 2 aromatic rings. The lowest BCUT2D eigenvalue weighted by molar-refractivity contribution is 0.470. The molecule has 4 heteroatoms. The van der Waals surface area contributed by atoms with Gasteiger partial charge in [-0.05, 0) is 81.9 Å². The van der Waals surface area contributed by atoms with Crippen LogP contribution in [0.3, 0.4) is 0 Å². The van der Waals surface area contributed by atoms with Gasteiger partial charge >= 0.3 is 0 Å². The highest BCUT2D eigenvalue weighted by molar-refractivity contribution is 14.1. The molecule has 0 bridgehead atoms. The van der Waals surface area contributed by atoms with E-state index in [0.29, 0.717) is 0 Å². The molecule has 0 saturated carbocycles. The summed E-state index contributed by atoms with van der Waals surface area (Å²) in [5.41, 5.74) is 2.81. The molecule has 2 aromatic carbocycles. The zero-order chi connectivity index (χ0) is 13.1. The van der Waals surface area contributed by atoms with E-state index < -0.39 is 0 Å². The van der Waals surface area contributed by atoms with Crippen LogP contribution < -0.4 is 0 Å². The zero-order valence-corrected chi connectivity index (χ0v) is 14.0. The van der Waals surface area contributed by atoms with Crippen LogP contribution >= 0.6 is 45.2 Å². The lowest BCUT2D eigenvalue weighted by Crippen LogP contribution is -1.87. The highest BCUT2D eigenvalue weighted by Gasteiger charge is 2.04. The molecule has 0 radical (unpaired) electrons. The summed E-state index contributed by atoms with van der Waals surface area (Å²) in [6.45, 7) is 2.03. The van der Waals surface area contributed by atoms with Crippen LogP contribution in [0.4, 0.5) is 5.69 Å². The van der Waals surface area contributed by atoms with Crippen molar-refractivity contribution in [2.75, 3.05) is 0 Å². The Morgan fingerprint density at radius 3 is 2.67 bits per heavy atom. The van der Waals surface area contributed by atoms with E-state index in [9.17, 15) is 5.11 Å². The summed E-state index contributed by atoms with van der Waals surface area (Å²) in [6, 6.07) is 11.8. The number of nitrogens with zero attached hydrogens (tertiary/aromatic N) is 1. The number of rotatable bonds is 2. The van der Waals surface area contributed by atoms with Gasteiger partial charge in [-0.1, -0.05) is 12.1 Å². The number of hydrogen-bond acceptors (Lipinski definition) is 2. The second-order valence-electron chi connectivity index (χ2n) is 3.92. The van der Waals surface area contributed by atoms with Crippen LogP contribution in [0.25, 0.3) is 0 Å². The summed E-state index contributed by atoms with van der Waals surface area (Å²) in [7, 11) is 0. The summed E-state index contributed by atoms with van der Waals surface area (Å²) in [6.07, 6.45) is 1.70. The SMILES string of the molecule is Cc1cccc(/N=C/c2cc(I)cc(I)c2O)c1. The van der Waals surface area contributed by atoms with Crippen molar-refractivity contribution in [1.82, 2.24) is 0 Å². The first kappa shape index (κ1) is 13.8. The van der Waals surface area contributed by atoms with E-state index in [0.717, 1.165) is 18.4 Å². The predicted octanol–water partition coefficient (Wildman–Crippen LogP) is 4.66. The summed E-state index contributed by atoms with van der Waals surface area (Å²) in [5, 5.41) is 9.95. The van der Waals surface area contributed by atoms with Gasteiger partial charge in [0.05, 0.1) is 9.26 Å². The van der Waals surface area contributed by atoms with Crippen molar-refractivity contribution >= 4 is 57.1 Å². The first-order valence-corrected chi connectivity index (χ1v) is 7.51. The normalized spacial score (nSPS) is 11.1. The molecular weight excluding hydrogens is 452 g/mol. The minimum atomic E-state index is 0.285. The first-order chi connectivity index (χ1) is 8.56. The fourth-order valence-corrected chi connectivity index (χ4v) is 3.43. The van der Waals surface area contributed by atoms with E-state index in [1.165, 1.54) is 5.56 Å². The van der Waals surface area contributed by atoms with Gasteiger partial charge < -0.3 is 5.11 Å². The lowest BCUT2D eigenvalue weighted by atomic mass is 10.2. The third-order valence-electron chi connectivity index (χ3n) is 2.41. The Bertz CT molecular complexity index is 609. The Morgan fingerprint density at radius 1 is 1.17 bits per heavy atom. The smallest absolute Gasteiger partial charge is 0.137 e. The van der Waals surface area contributed by atoms with E-state index in [2.05, 4.69) is 50.2 Å². The van der Waals surface area contributed by atoms with Crippen molar-refractivity contribution in [3.8, 4) is 5.75 Å². The van der Waals surface area contributed by atoms with Crippen molar-refractivity contribution in [2.45, 2.75) is 6.92 Å². The van der Waals surface area contributed by atoms with Crippen molar-refractivity contribution < 1.29 is 5.11 Å². The standard InChI is InChI=1S/C14H11I2NO/c1-9-3-2-4-12(5-9)17-8-10-6-11(15)7-13(16)14(10)18/h2-8,18H,1H3/b17-8+. The van der Waals surface area contributed by atoms with E-state index in [4.69, 9.17) is 0 Å². The number of aryl methyl sites for hydroxylation is 1. The predicted molar refractivity (Wildman–Crippen MR) is 92.0 cm³/mol. The molecule has 0 spiro atoms. The van der Waals surface area contributed by atoms with Crippen molar-refractivity contribution in [2.24, 2.45) is 4.99 Å². The number of benzene rings is 2. The van der Waals surface area contributed by atoms with Gasteiger partial charge in [0.2, 0.25) is 0 Å². The number of aliphatic imine (C=N–C) groups is 1. The zero-order valence-electron chi connectivity index (χ0n) is 9.69. The van der Waals surface area contributed by atoms with Gasteiger partial charge in [0, 0.05) is 15.3 Å². The van der Waals surface area contributed by atoms with Crippen LogP contribution in [-0.4, -0.2) is 11.3 Å². The molecule has 0 fully saturated rings. The maximum absolute atomic E-state index is 9.95. The summed E-state index contributed by atoms with van der Waals surface area (Å²) < 4.78 is 1.92. The minimum Gasteiger partial charge on any atom is -0.506 e. The van der Waals surface area contributed by atoms with Crippen LogP contribution in [-0.2, 0) is 0 Å². The second kappa shape index (κ2) is 6.01. The van der Waals surface area contributed by atoms with Gasteiger partial charge in [-0.25, -0.2) is 0 Å². The van der Waals surface area contributed by atoms with Gasteiger partial charge in [0.1, 0.15) is 5.75 Å². The fraction of sp³-hybridized carbons (Fsp3) is 0.0714. The molecule has 0 aliphatic rings. The van der Waals surface area contributed by atoms with Gasteiger partial charge in [0.15, 0.2) is 0 Å². The number of halogens is 2. The quantitative estimate of drug-likeness (QED) is 0.511. The van der Waals surface area contributed by atoms with Gasteiger partial charge in [-0.15, -0.1) is 0 Å². The van der Waals surface area contributed by atoms with Gasteiger partial charge in [0.25, 0.3) is 0 Å². The summed E-state index contributed by atoms with van der Waals surface area (Å²) in [4.78, 5) is 4.39. The van der Waals surface area contributed by atoms with Crippen molar-refractivity contribution in [1.29, 1.82) is 0 Å². The van der Waals surface area contributed by atoms with Crippen molar-refractivity contribution in [3.05, 3.63) is 54.7 Å². The van der Waals surface area contributed by atoms with Crippen LogP contribution in [0.1, 0.15) is 11.1 Å². The third kappa shape index (κ3) is 3.44. The summed E-state index contributed by atoms with van der Waals surface area (Å²) >= 11 is 4.35. The highest BCUT2D eigenvalue weighted by atomic mass is 127. The Kier molecular flexibility index (Phi) is 4.60. The molecule has 92 valence electrons. The molecule has 0 saturated heterocycles. The average Bonchev–Trinajstić information content (AvgIpc) is 2.32. The van der Waals surface area contributed by atoms with Gasteiger partial charge in [-0.3, -0.25) is 4.99 Å². The lowest BCUT2D eigenvalue weighted by Gasteiger charge is -2.03. The molecule has 0 aromatic heterocycles. The Balaban J connectivity index is 2.34. The maximum atomic E-state index is 9.95. The molecule has 2 nitrogen and oxygen atoms in total. The monoisotopic (exact) mass is 463 g/mol. The molecule has 2 rings (SSSR count). The highest BCUT2D eigenvalue weighted by Crippen LogP contribution is 2.26. The van der Waals surface area contributed by atoms with Crippen LogP contribution in [0, 0.1) is 14.1 Å². The van der Waals surface area contributed by atoms with Crippen molar-refractivity contribution in [3.63, 3.8) is 0 Å². The van der Waals surface area contributed by atoms with E-state index >= 15 is 0 Å². The van der Waals surface area contributed by atoms with Crippen LogP contribution in [0.2, 0.25) is 0 Å². The molecule has 0 amide bonds. The Hall–Kier alpha value is -0.630. The molecule has 0 heterocycles. The molecule has 1 N–H and O–H groups in total. The van der Waals surface area contributed by atoms with Crippen LogP contribution in [0.15, 0.2) is 41.4 Å². The first-order valence-electron chi connectivity index (χ1n) is 5.35. The maximum Gasteiger partial charge on any atom is 0.137 e. The van der Waals surface area contributed by atoms with Gasteiger partial charge in [-0.2, -0.15) is 0 Å². The molecule has 0 aliphatic carbocycles. The number of hydrogen-bond donors (Lipinski definition) is 1. The molecule has 0 aliphatic heterocycles. The molecule has 0 atom stereocenters. The topological polar surface area (TPSA) is 32.6 Å². The third-order valence-corrected chi connectivity index (χ3v) is 3.86. The minimum absolute atomic E-state index is 0.285. The van der Waals surface area contributed by atoms with E-state index in [-0.39, 0.29) is 5.75 Å². The van der Waals surface area contributed by atoms with Crippen LogP contribution in [0.5, 0.6) is 5.75 Å². The molecular formula is C14H11I2NO. The number of phenols is 1. The van der Waals surface area contributed by atoms with E-state index in [1.807, 2.05) is 43.3 Å². The Labute approximate surface area is 133 Å². The largest absolute Gasteiger partial charge is 0.506 e. The average molecular weight is 463 g/mol. The Morgan fingerprint density at radius 2 is 1.94 bits per heavy atom. The second-order valence-corrected chi connectivity index (χ2v) is 6.33. The number of aromatic hydroxyl groups is 1. The molecule has 18 heavy (non-hydrogen) atoms. The fourth-order valence-electron chi connectivity index (χ4n) is 1.54. The molecule has 0 unspecified atom stereocenters.